The van der Waals surface area contributed by atoms with Crippen LogP contribution in [0.2, 0.25) is 0 Å². The van der Waals surface area contributed by atoms with Crippen LogP contribution in [0.25, 0.3) is 0 Å². The van der Waals surface area contributed by atoms with Gasteiger partial charge in [-0.1, -0.05) is 18.2 Å². The highest BCUT2D eigenvalue weighted by atomic mass is 16.5. The minimum atomic E-state index is -0.165. The number of carbonyl (C=O) groups excluding carboxylic acids is 1. The summed E-state index contributed by atoms with van der Waals surface area (Å²) in [5.41, 5.74) is 1.40. The van der Waals surface area contributed by atoms with Crippen LogP contribution < -0.4 is 10.3 Å². The third-order valence-corrected chi connectivity index (χ3v) is 4.64. The van der Waals surface area contributed by atoms with Gasteiger partial charge < -0.3 is 14.2 Å². The highest BCUT2D eigenvalue weighted by Gasteiger charge is 2.30. The summed E-state index contributed by atoms with van der Waals surface area (Å²) in [4.78, 5) is 26.5. The average Bonchev–Trinajstić information content (AvgIpc) is 3.05. The number of aryl methyl sites for hydroxylation is 1. The van der Waals surface area contributed by atoms with Crippen molar-refractivity contribution in [2.75, 3.05) is 13.7 Å². The highest BCUT2D eigenvalue weighted by Crippen LogP contribution is 2.27. The minimum Gasteiger partial charge on any atom is -0.496 e. The molecule has 5 heteroatoms. The van der Waals surface area contributed by atoms with Crippen molar-refractivity contribution < 1.29 is 9.53 Å². The number of benzene rings is 1. The Morgan fingerprint density at radius 1 is 1.29 bits per heavy atom. The number of rotatable bonds is 4. The maximum Gasteiger partial charge on any atom is 0.254 e. The maximum atomic E-state index is 12.8. The van der Waals surface area contributed by atoms with Gasteiger partial charge in [-0.05, 0) is 37.0 Å². The first kappa shape index (κ1) is 16.3. The van der Waals surface area contributed by atoms with Crippen molar-refractivity contribution in [3.63, 3.8) is 0 Å². The summed E-state index contributed by atoms with van der Waals surface area (Å²) in [6, 6.07) is 11.2. The lowest BCUT2D eigenvalue weighted by Gasteiger charge is -2.25. The molecule has 1 aliphatic heterocycles. The van der Waals surface area contributed by atoms with Gasteiger partial charge in [0.05, 0.1) is 7.11 Å². The van der Waals surface area contributed by atoms with Crippen molar-refractivity contribution in [2.24, 2.45) is 7.05 Å². The largest absolute Gasteiger partial charge is 0.496 e. The molecule has 0 aliphatic carbocycles. The number of nitrogens with zero attached hydrogens (tertiary/aromatic N) is 2. The van der Waals surface area contributed by atoms with Crippen molar-refractivity contribution in [3.05, 3.63) is 64.1 Å². The van der Waals surface area contributed by atoms with Gasteiger partial charge in [-0.25, -0.2) is 0 Å². The first-order valence-corrected chi connectivity index (χ1v) is 8.19. The summed E-state index contributed by atoms with van der Waals surface area (Å²) >= 11 is 0. The SMILES string of the molecule is COc1ccccc1CC1CCCN1C(=O)c1ccn(C)c(=O)c1. The third kappa shape index (κ3) is 3.20. The molecule has 1 unspecified atom stereocenters. The number of aromatic nitrogens is 1. The number of likely N-dealkylation sites (tertiary alicyclic amines) is 1. The van der Waals surface area contributed by atoms with E-state index in [1.165, 1.54) is 10.6 Å². The third-order valence-electron chi connectivity index (χ3n) is 4.64. The van der Waals surface area contributed by atoms with E-state index in [4.69, 9.17) is 4.74 Å². The Labute approximate surface area is 141 Å². The highest BCUT2D eigenvalue weighted by molar-refractivity contribution is 5.94. The molecule has 24 heavy (non-hydrogen) atoms. The van der Waals surface area contributed by atoms with Crippen LogP contribution in [-0.2, 0) is 13.5 Å². The Bertz CT molecular complexity index is 797. The van der Waals surface area contributed by atoms with Gasteiger partial charge in [0.1, 0.15) is 5.75 Å². The molecule has 0 saturated carbocycles. The Morgan fingerprint density at radius 3 is 2.83 bits per heavy atom. The molecule has 0 bridgehead atoms. The van der Waals surface area contributed by atoms with Crippen LogP contribution >= 0.6 is 0 Å². The molecule has 2 heterocycles. The van der Waals surface area contributed by atoms with Crippen molar-refractivity contribution in [1.82, 2.24) is 9.47 Å². The van der Waals surface area contributed by atoms with Crippen molar-refractivity contribution in [1.29, 1.82) is 0 Å². The van der Waals surface area contributed by atoms with E-state index >= 15 is 0 Å². The van der Waals surface area contributed by atoms with Gasteiger partial charge in [-0.15, -0.1) is 0 Å². The standard InChI is InChI=1S/C19H22N2O3/c1-20-11-9-15(13-18(20)22)19(23)21-10-5-7-16(21)12-14-6-3-4-8-17(14)24-2/h3-4,6,8-9,11,13,16H,5,7,10,12H2,1-2H3. The van der Waals surface area contributed by atoms with Gasteiger partial charge in [-0.2, -0.15) is 0 Å². The van der Waals surface area contributed by atoms with E-state index in [0.717, 1.165) is 37.1 Å². The zero-order valence-corrected chi connectivity index (χ0v) is 14.1. The van der Waals surface area contributed by atoms with Gasteiger partial charge in [0, 0.05) is 37.5 Å². The molecule has 3 rings (SSSR count). The molecule has 0 spiro atoms. The fraction of sp³-hybridized carbons (Fsp3) is 0.368. The van der Waals surface area contributed by atoms with E-state index in [0.29, 0.717) is 5.56 Å². The normalized spacial score (nSPS) is 17.1. The smallest absolute Gasteiger partial charge is 0.254 e. The van der Waals surface area contributed by atoms with Crippen LogP contribution in [0.3, 0.4) is 0 Å². The maximum absolute atomic E-state index is 12.8. The number of para-hydroxylation sites is 1. The van der Waals surface area contributed by atoms with E-state index in [9.17, 15) is 9.59 Å². The van der Waals surface area contributed by atoms with Crippen LogP contribution in [0.1, 0.15) is 28.8 Å². The van der Waals surface area contributed by atoms with Gasteiger partial charge in [-0.3, -0.25) is 9.59 Å². The molecule has 2 aromatic rings. The van der Waals surface area contributed by atoms with E-state index in [1.54, 1.807) is 26.4 Å². The number of carbonyl (C=O) groups is 1. The van der Waals surface area contributed by atoms with Gasteiger partial charge >= 0.3 is 0 Å². The summed E-state index contributed by atoms with van der Waals surface area (Å²) in [5.74, 6) is 0.787. The fourth-order valence-electron chi connectivity index (χ4n) is 3.29. The molecule has 126 valence electrons. The first-order chi connectivity index (χ1) is 11.6. The lowest BCUT2D eigenvalue weighted by atomic mass is 10.0. The summed E-state index contributed by atoms with van der Waals surface area (Å²) in [5, 5.41) is 0. The second-order valence-electron chi connectivity index (χ2n) is 6.18. The monoisotopic (exact) mass is 326 g/mol. The molecule has 5 nitrogen and oxygen atoms in total. The van der Waals surface area contributed by atoms with Gasteiger partial charge in [0.25, 0.3) is 11.5 Å². The average molecular weight is 326 g/mol. The molecule has 1 saturated heterocycles. The second kappa shape index (κ2) is 6.91. The fourth-order valence-corrected chi connectivity index (χ4v) is 3.29. The number of amides is 1. The summed E-state index contributed by atoms with van der Waals surface area (Å²) in [6.07, 6.45) is 4.35. The molecule has 1 aromatic heterocycles. The molecule has 1 amide bonds. The predicted octanol–water partition coefficient (Wildman–Crippen LogP) is 2.24. The van der Waals surface area contributed by atoms with Crippen LogP contribution in [0.15, 0.2) is 47.4 Å². The molecule has 1 aliphatic rings. The molecule has 1 atom stereocenters. The van der Waals surface area contributed by atoms with Gasteiger partial charge in [0.15, 0.2) is 0 Å². The Morgan fingerprint density at radius 2 is 2.08 bits per heavy atom. The van der Waals surface area contributed by atoms with Crippen molar-refractivity contribution >= 4 is 5.91 Å². The molecule has 0 N–H and O–H groups in total. The predicted molar refractivity (Wildman–Crippen MR) is 92.4 cm³/mol. The topological polar surface area (TPSA) is 51.5 Å². The van der Waals surface area contributed by atoms with Crippen LogP contribution in [0.4, 0.5) is 0 Å². The number of ether oxygens (including phenoxy) is 1. The van der Waals surface area contributed by atoms with Crippen molar-refractivity contribution in [2.45, 2.75) is 25.3 Å². The summed E-state index contributed by atoms with van der Waals surface area (Å²) in [7, 11) is 3.34. The van der Waals surface area contributed by atoms with Crippen molar-refractivity contribution in [3.8, 4) is 5.75 Å². The minimum absolute atomic E-state index is 0.0647. The summed E-state index contributed by atoms with van der Waals surface area (Å²) in [6.45, 7) is 0.730. The lowest BCUT2D eigenvalue weighted by molar-refractivity contribution is 0.0735. The number of hydrogen-bond acceptors (Lipinski definition) is 3. The van der Waals surface area contributed by atoms with E-state index in [-0.39, 0.29) is 17.5 Å². The Hall–Kier alpha value is -2.56. The van der Waals surface area contributed by atoms with Gasteiger partial charge in [0.2, 0.25) is 0 Å². The lowest BCUT2D eigenvalue weighted by Crippen LogP contribution is -2.37. The zero-order chi connectivity index (χ0) is 17.1. The van der Waals surface area contributed by atoms with E-state index in [2.05, 4.69) is 0 Å². The van der Waals surface area contributed by atoms with Crippen LogP contribution in [0.5, 0.6) is 5.75 Å². The first-order valence-electron chi connectivity index (χ1n) is 8.19. The Kier molecular flexibility index (Phi) is 4.69. The quantitative estimate of drug-likeness (QED) is 0.866. The molecular formula is C19H22N2O3. The molecule has 1 fully saturated rings. The molecule has 0 radical (unpaired) electrons. The summed E-state index contributed by atoms with van der Waals surface area (Å²) < 4.78 is 6.88. The second-order valence-corrected chi connectivity index (χ2v) is 6.18. The van der Waals surface area contributed by atoms with E-state index in [1.807, 2.05) is 29.2 Å². The zero-order valence-electron chi connectivity index (χ0n) is 14.1. The van der Waals surface area contributed by atoms with E-state index < -0.39 is 0 Å². The molecular weight excluding hydrogens is 304 g/mol. The number of hydrogen-bond donors (Lipinski definition) is 0. The van der Waals surface area contributed by atoms with Crippen LogP contribution in [0, 0.1) is 0 Å². The number of methoxy groups -OCH3 is 1. The Balaban J connectivity index is 1.81. The van der Waals surface area contributed by atoms with Crippen LogP contribution in [-0.4, -0.2) is 35.1 Å². The number of pyridine rings is 1. The molecule has 1 aromatic carbocycles.